The van der Waals surface area contributed by atoms with Gasteiger partial charge in [0.2, 0.25) is 5.91 Å². The molecule has 0 heterocycles. The second-order valence-electron chi connectivity index (χ2n) is 4.43. The summed E-state index contributed by atoms with van der Waals surface area (Å²) in [5.41, 5.74) is 3.03. The van der Waals surface area contributed by atoms with Gasteiger partial charge in [-0.2, -0.15) is 0 Å². The molecule has 0 aromatic heterocycles. The molecule has 0 fully saturated rings. The summed E-state index contributed by atoms with van der Waals surface area (Å²) in [6, 6.07) is 15.7. The van der Waals surface area contributed by atoms with Gasteiger partial charge in [0.1, 0.15) is 0 Å². The van der Waals surface area contributed by atoms with E-state index in [1.54, 1.807) is 12.2 Å². The number of carbonyl (C=O) groups excluding carboxylic acids is 1. The fourth-order valence-electron chi connectivity index (χ4n) is 1.80. The van der Waals surface area contributed by atoms with Crippen LogP contribution in [-0.4, -0.2) is 5.91 Å². The first-order chi connectivity index (χ1) is 9.67. The van der Waals surface area contributed by atoms with Gasteiger partial charge in [0.25, 0.3) is 0 Å². The predicted octanol–water partition coefficient (Wildman–Crippen LogP) is 4.66. The van der Waals surface area contributed by atoms with Gasteiger partial charge in [0.15, 0.2) is 0 Å². The van der Waals surface area contributed by atoms with Crippen LogP contribution in [0, 0.1) is 0 Å². The number of aryl methyl sites for hydroxylation is 1. The molecule has 0 aliphatic rings. The van der Waals surface area contributed by atoms with Crippen LogP contribution in [-0.2, 0) is 11.2 Å². The Morgan fingerprint density at radius 3 is 2.65 bits per heavy atom. The van der Waals surface area contributed by atoms with E-state index in [2.05, 4.69) is 28.2 Å². The molecule has 3 heteroatoms. The molecule has 0 bridgehead atoms. The minimum atomic E-state index is -0.124. The highest BCUT2D eigenvalue weighted by atomic mass is 79.9. The van der Waals surface area contributed by atoms with Gasteiger partial charge in [-0.25, -0.2) is 0 Å². The van der Waals surface area contributed by atoms with Gasteiger partial charge in [-0.15, -0.1) is 0 Å². The van der Waals surface area contributed by atoms with Gasteiger partial charge in [-0.05, 0) is 47.9 Å². The van der Waals surface area contributed by atoms with E-state index in [1.807, 2.05) is 48.5 Å². The molecule has 0 radical (unpaired) electrons. The van der Waals surface area contributed by atoms with E-state index in [0.29, 0.717) is 0 Å². The fraction of sp³-hybridized carbons (Fsp3) is 0.118. The van der Waals surface area contributed by atoms with Crippen LogP contribution in [0.2, 0.25) is 0 Å². The van der Waals surface area contributed by atoms with Crippen molar-refractivity contribution in [3.05, 3.63) is 70.2 Å². The molecular formula is C17H16BrNO. The third-order valence-corrected chi connectivity index (χ3v) is 3.43. The van der Waals surface area contributed by atoms with E-state index in [0.717, 1.165) is 22.1 Å². The van der Waals surface area contributed by atoms with E-state index in [4.69, 9.17) is 0 Å². The lowest BCUT2D eigenvalue weighted by atomic mass is 10.1. The Kier molecular flexibility index (Phi) is 5.13. The first-order valence-electron chi connectivity index (χ1n) is 6.51. The number of benzene rings is 2. The molecule has 2 rings (SSSR count). The largest absolute Gasteiger partial charge is 0.323 e. The van der Waals surface area contributed by atoms with Crippen molar-refractivity contribution in [1.82, 2.24) is 0 Å². The lowest BCUT2D eigenvalue weighted by Gasteiger charge is -2.04. The third kappa shape index (κ3) is 4.35. The molecule has 0 aliphatic carbocycles. The molecule has 0 spiro atoms. The zero-order valence-corrected chi connectivity index (χ0v) is 12.9. The summed E-state index contributed by atoms with van der Waals surface area (Å²) in [6.07, 6.45) is 4.30. The van der Waals surface area contributed by atoms with Crippen molar-refractivity contribution in [2.24, 2.45) is 0 Å². The summed E-state index contributed by atoms with van der Waals surface area (Å²) in [5.74, 6) is -0.124. The molecule has 2 nitrogen and oxygen atoms in total. The maximum Gasteiger partial charge on any atom is 0.248 e. The van der Waals surface area contributed by atoms with Crippen LogP contribution in [0.25, 0.3) is 6.08 Å². The SMILES string of the molecule is CCc1cccc(NC(=O)/C=C/c2ccc(Br)cc2)c1. The Morgan fingerprint density at radius 2 is 1.95 bits per heavy atom. The number of halogens is 1. The first-order valence-corrected chi connectivity index (χ1v) is 7.30. The van der Waals surface area contributed by atoms with Crippen molar-refractivity contribution in [3.8, 4) is 0 Å². The van der Waals surface area contributed by atoms with Crippen molar-refractivity contribution in [1.29, 1.82) is 0 Å². The molecule has 1 amide bonds. The van der Waals surface area contributed by atoms with Gasteiger partial charge in [-0.1, -0.05) is 47.1 Å². The molecule has 1 N–H and O–H groups in total. The normalized spacial score (nSPS) is 10.7. The number of anilines is 1. The van der Waals surface area contributed by atoms with Gasteiger partial charge < -0.3 is 5.32 Å². The minimum absolute atomic E-state index is 0.124. The molecule has 0 atom stereocenters. The minimum Gasteiger partial charge on any atom is -0.323 e. The van der Waals surface area contributed by atoms with Gasteiger partial charge in [0, 0.05) is 16.2 Å². The Balaban J connectivity index is 1.99. The average molecular weight is 330 g/mol. The van der Waals surface area contributed by atoms with Crippen molar-refractivity contribution in [3.63, 3.8) is 0 Å². The lowest BCUT2D eigenvalue weighted by Crippen LogP contribution is -2.07. The quantitative estimate of drug-likeness (QED) is 0.812. The van der Waals surface area contributed by atoms with Gasteiger partial charge >= 0.3 is 0 Å². The van der Waals surface area contributed by atoms with Crippen LogP contribution >= 0.6 is 15.9 Å². The van der Waals surface area contributed by atoms with E-state index in [9.17, 15) is 4.79 Å². The van der Waals surface area contributed by atoms with E-state index >= 15 is 0 Å². The highest BCUT2D eigenvalue weighted by molar-refractivity contribution is 9.10. The van der Waals surface area contributed by atoms with Crippen molar-refractivity contribution >= 4 is 33.6 Å². The maximum atomic E-state index is 11.8. The van der Waals surface area contributed by atoms with Crippen LogP contribution in [0.15, 0.2) is 59.1 Å². The highest BCUT2D eigenvalue weighted by Gasteiger charge is 1.98. The van der Waals surface area contributed by atoms with Crippen molar-refractivity contribution in [2.45, 2.75) is 13.3 Å². The number of rotatable bonds is 4. The van der Waals surface area contributed by atoms with Crippen LogP contribution in [0.1, 0.15) is 18.1 Å². The second kappa shape index (κ2) is 7.06. The van der Waals surface area contributed by atoms with E-state index in [1.165, 1.54) is 5.56 Å². The standard InChI is InChI=1S/C17H16BrNO/c1-2-13-4-3-5-16(12-13)19-17(20)11-8-14-6-9-15(18)10-7-14/h3-12H,2H2,1H3,(H,19,20)/b11-8+. The molecule has 2 aromatic rings. The Hall–Kier alpha value is -1.87. The summed E-state index contributed by atoms with van der Waals surface area (Å²) in [4.78, 5) is 11.8. The number of nitrogens with one attached hydrogen (secondary N) is 1. The Bertz CT molecular complexity index is 617. The van der Waals surface area contributed by atoms with Gasteiger partial charge in [0.05, 0.1) is 0 Å². The van der Waals surface area contributed by atoms with E-state index < -0.39 is 0 Å². The predicted molar refractivity (Wildman–Crippen MR) is 87.6 cm³/mol. The smallest absolute Gasteiger partial charge is 0.248 e. The van der Waals surface area contributed by atoms with Crippen LogP contribution in [0.4, 0.5) is 5.69 Å². The molecular weight excluding hydrogens is 314 g/mol. The van der Waals surface area contributed by atoms with Gasteiger partial charge in [-0.3, -0.25) is 4.79 Å². The molecule has 102 valence electrons. The Morgan fingerprint density at radius 1 is 1.20 bits per heavy atom. The van der Waals surface area contributed by atoms with Crippen LogP contribution < -0.4 is 5.32 Å². The zero-order chi connectivity index (χ0) is 14.4. The average Bonchev–Trinajstić information content (AvgIpc) is 2.47. The molecule has 20 heavy (non-hydrogen) atoms. The Labute approximate surface area is 127 Å². The summed E-state index contributed by atoms with van der Waals surface area (Å²) < 4.78 is 1.02. The molecule has 0 aliphatic heterocycles. The molecule has 0 saturated heterocycles. The van der Waals surface area contributed by atoms with Crippen molar-refractivity contribution in [2.75, 3.05) is 5.32 Å². The maximum absolute atomic E-state index is 11.8. The highest BCUT2D eigenvalue weighted by Crippen LogP contribution is 2.13. The number of amides is 1. The van der Waals surface area contributed by atoms with Crippen molar-refractivity contribution < 1.29 is 4.79 Å². The third-order valence-electron chi connectivity index (χ3n) is 2.90. The van der Waals surface area contributed by atoms with Crippen LogP contribution in [0.3, 0.4) is 0 Å². The number of hydrogen-bond donors (Lipinski definition) is 1. The zero-order valence-electron chi connectivity index (χ0n) is 11.3. The monoisotopic (exact) mass is 329 g/mol. The lowest BCUT2D eigenvalue weighted by molar-refractivity contribution is -0.111. The summed E-state index contributed by atoms with van der Waals surface area (Å²) in [5, 5.41) is 2.86. The second-order valence-corrected chi connectivity index (χ2v) is 5.34. The number of hydrogen-bond acceptors (Lipinski definition) is 1. The van der Waals surface area contributed by atoms with Crippen LogP contribution in [0.5, 0.6) is 0 Å². The topological polar surface area (TPSA) is 29.1 Å². The molecule has 0 unspecified atom stereocenters. The summed E-state index contributed by atoms with van der Waals surface area (Å²) in [6.45, 7) is 2.09. The molecule has 0 saturated carbocycles. The summed E-state index contributed by atoms with van der Waals surface area (Å²) >= 11 is 3.38. The summed E-state index contributed by atoms with van der Waals surface area (Å²) in [7, 11) is 0. The fourth-order valence-corrected chi connectivity index (χ4v) is 2.06. The first kappa shape index (κ1) is 14.5. The molecule has 2 aromatic carbocycles. The number of carbonyl (C=O) groups is 1. The van der Waals surface area contributed by atoms with E-state index in [-0.39, 0.29) is 5.91 Å².